The molecular weight excluding hydrogens is 266 g/mol. The summed E-state index contributed by atoms with van der Waals surface area (Å²) in [6, 6.07) is 12.1. The molecule has 1 aliphatic heterocycles. The summed E-state index contributed by atoms with van der Waals surface area (Å²) in [5.74, 6) is 1.09. The van der Waals surface area contributed by atoms with Crippen LogP contribution in [0.25, 0.3) is 0 Å². The molecule has 0 saturated heterocycles. The minimum absolute atomic E-state index is 0.0758. The molecule has 0 saturated carbocycles. The minimum atomic E-state index is -0.0758. The second-order valence-electron chi connectivity index (χ2n) is 5.68. The van der Waals surface area contributed by atoms with E-state index in [0.717, 1.165) is 16.2 Å². The standard InChI is InChI=1S/C17H17NOS/c1-17(2,12-7-9-18-10-8-12)14-11-19-15-6-4-3-5-13(15)16(14)20/h3-10,14H,11H2,1-2H3. The normalized spacial score (nSPS) is 18.3. The number of thiocarbonyl (C=S) groups is 1. The van der Waals surface area contributed by atoms with Gasteiger partial charge < -0.3 is 4.74 Å². The predicted molar refractivity (Wildman–Crippen MR) is 84.4 cm³/mol. The summed E-state index contributed by atoms with van der Waals surface area (Å²) in [6.45, 7) is 5.07. The van der Waals surface area contributed by atoms with Crippen molar-refractivity contribution < 1.29 is 4.74 Å². The highest BCUT2D eigenvalue weighted by atomic mass is 32.1. The van der Waals surface area contributed by atoms with Crippen molar-refractivity contribution in [3.63, 3.8) is 0 Å². The van der Waals surface area contributed by atoms with E-state index < -0.39 is 0 Å². The van der Waals surface area contributed by atoms with Crippen LogP contribution >= 0.6 is 12.2 Å². The molecule has 1 aromatic carbocycles. The number of para-hydroxylation sites is 1. The molecule has 20 heavy (non-hydrogen) atoms. The highest BCUT2D eigenvalue weighted by Crippen LogP contribution is 2.39. The van der Waals surface area contributed by atoms with Gasteiger partial charge in [-0.15, -0.1) is 0 Å². The van der Waals surface area contributed by atoms with E-state index in [1.165, 1.54) is 5.56 Å². The Bertz CT molecular complexity index is 636. The van der Waals surface area contributed by atoms with Crippen LogP contribution in [0, 0.1) is 5.92 Å². The molecule has 0 amide bonds. The van der Waals surface area contributed by atoms with Crippen LogP contribution in [0.1, 0.15) is 25.0 Å². The molecule has 1 unspecified atom stereocenters. The van der Waals surface area contributed by atoms with Gasteiger partial charge in [-0.2, -0.15) is 0 Å². The molecular formula is C17H17NOS. The highest BCUT2D eigenvalue weighted by Gasteiger charge is 2.38. The number of hydrogen-bond donors (Lipinski definition) is 0. The maximum Gasteiger partial charge on any atom is 0.127 e. The fourth-order valence-electron chi connectivity index (χ4n) is 2.75. The van der Waals surface area contributed by atoms with Gasteiger partial charge in [0.05, 0.1) is 6.61 Å². The van der Waals surface area contributed by atoms with Crippen molar-refractivity contribution in [3.05, 3.63) is 59.9 Å². The van der Waals surface area contributed by atoms with E-state index in [0.29, 0.717) is 6.61 Å². The third-order valence-corrected chi connectivity index (χ3v) is 4.67. The summed E-state index contributed by atoms with van der Waals surface area (Å²) in [5, 5.41) is 0. The average molecular weight is 283 g/mol. The largest absolute Gasteiger partial charge is 0.492 e. The van der Waals surface area contributed by atoms with Gasteiger partial charge >= 0.3 is 0 Å². The van der Waals surface area contributed by atoms with Gasteiger partial charge in [-0.05, 0) is 23.8 Å². The Morgan fingerprint density at radius 2 is 1.85 bits per heavy atom. The Kier molecular flexibility index (Phi) is 3.30. The summed E-state index contributed by atoms with van der Waals surface area (Å²) in [7, 11) is 0. The molecule has 1 aliphatic rings. The van der Waals surface area contributed by atoms with E-state index in [1.54, 1.807) is 0 Å². The molecule has 3 heteroatoms. The Labute approximate surface area is 124 Å². The smallest absolute Gasteiger partial charge is 0.127 e. The van der Waals surface area contributed by atoms with Crippen LogP contribution in [0.2, 0.25) is 0 Å². The second-order valence-corrected chi connectivity index (χ2v) is 6.12. The predicted octanol–water partition coefficient (Wildman–Crippen LogP) is 3.79. The first-order valence-corrected chi connectivity index (χ1v) is 7.18. The zero-order chi connectivity index (χ0) is 14.2. The van der Waals surface area contributed by atoms with Crippen molar-refractivity contribution in [3.8, 4) is 5.75 Å². The van der Waals surface area contributed by atoms with Crippen LogP contribution in [0.4, 0.5) is 0 Å². The molecule has 102 valence electrons. The molecule has 0 spiro atoms. The molecule has 1 atom stereocenters. The van der Waals surface area contributed by atoms with Gasteiger partial charge in [-0.3, -0.25) is 4.98 Å². The summed E-state index contributed by atoms with van der Waals surface area (Å²) >= 11 is 5.73. The SMILES string of the molecule is CC(C)(c1ccncc1)C1COc2ccccc2C1=S. The summed E-state index contributed by atoms with van der Waals surface area (Å²) in [4.78, 5) is 5.09. The average Bonchev–Trinajstić information content (AvgIpc) is 2.48. The van der Waals surface area contributed by atoms with Crippen LogP contribution in [0.15, 0.2) is 48.8 Å². The van der Waals surface area contributed by atoms with Crippen molar-refractivity contribution in [1.29, 1.82) is 0 Å². The van der Waals surface area contributed by atoms with Crippen molar-refractivity contribution >= 4 is 17.1 Å². The molecule has 3 rings (SSSR count). The van der Waals surface area contributed by atoms with Crippen molar-refractivity contribution in [1.82, 2.24) is 4.98 Å². The van der Waals surface area contributed by atoms with Gasteiger partial charge in [0.2, 0.25) is 0 Å². The number of benzene rings is 1. The van der Waals surface area contributed by atoms with E-state index in [9.17, 15) is 0 Å². The van der Waals surface area contributed by atoms with Gasteiger partial charge in [-0.1, -0.05) is 44.3 Å². The molecule has 0 fully saturated rings. The quantitative estimate of drug-likeness (QED) is 0.783. The number of rotatable bonds is 2. The summed E-state index contributed by atoms with van der Waals surface area (Å²) in [6.07, 6.45) is 3.66. The molecule has 0 aliphatic carbocycles. The Morgan fingerprint density at radius 1 is 1.15 bits per heavy atom. The van der Waals surface area contributed by atoms with Crippen molar-refractivity contribution in [2.24, 2.45) is 5.92 Å². The van der Waals surface area contributed by atoms with Crippen molar-refractivity contribution in [2.75, 3.05) is 6.61 Å². The molecule has 0 N–H and O–H groups in total. The first-order chi connectivity index (χ1) is 9.60. The van der Waals surface area contributed by atoms with E-state index >= 15 is 0 Å². The van der Waals surface area contributed by atoms with E-state index in [1.807, 2.05) is 36.7 Å². The summed E-state index contributed by atoms with van der Waals surface area (Å²) < 4.78 is 5.91. The van der Waals surface area contributed by atoms with Gasteiger partial charge in [-0.25, -0.2) is 0 Å². The van der Waals surface area contributed by atoms with E-state index in [-0.39, 0.29) is 11.3 Å². The van der Waals surface area contributed by atoms with E-state index in [2.05, 4.69) is 31.0 Å². The number of pyridine rings is 1. The topological polar surface area (TPSA) is 22.1 Å². The van der Waals surface area contributed by atoms with Crippen LogP contribution in [0.3, 0.4) is 0 Å². The molecule has 1 aromatic heterocycles. The first-order valence-electron chi connectivity index (χ1n) is 6.77. The Morgan fingerprint density at radius 3 is 2.60 bits per heavy atom. The van der Waals surface area contributed by atoms with Crippen LogP contribution in [-0.2, 0) is 5.41 Å². The monoisotopic (exact) mass is 283 g/mol. The third kappa shape index (κ3) is 2.12. The minimum Gasteiger partial charge on any atom is -0.492 e. The lowest BCUT2D eigenvalue weighted by molar-refractivity contribution is 0.224. The van der Waals surface area contributed by atoms with Crippen LogP contribution in [-0.4, -0.2) is 16.5 Å². The van der Waals surface area contributed by atoms with Crippen LogP contribution in [0.5, 0.6) is 5.75 Å². The van der Waals surface area contributed by atoms with Gasteiger partial charge in [0.25, 0.3) is 0 Å². The first kappa shape index (κ1) is 13.3. The molecule has 0 bridgehead atoms. The highest BCUT2D eigenvalue weighted by molar-refractivity contribution is 7.80. The Balaban J connectivity index is 1.98. The zero-order valence-corrected chi connectivity index (χ0v) is 12.5. The van der Waals surface area contributed by atoms with Crippen molar-refractivity contribution in [2.45, 2.75) is 19.3 Å². The zero-order valence-electron chi connectivity index (χ0n) is 11.7. The fraction of sp³-hybridized carbons (Fsp3) is 0.294. The van der Waals surface area contributed by atoms with Gasteiger partial charge in [0.15, 0.2) is 0 Å². The molecule has 2 aromatic rings. The lowest BCUT2D eigenvalue weighted by atomic mass is 9.70. The fourth-order valence-corrected chi connectivity index (χ4v) is 3.28. The molecule has 2 heterocycles. The lowest BCUT2D eigenvalue weighted by Gasteiger charge is -2.38. The lowest BCUT2D eigenvalue weighted by Crippen LogP contribution is -2.41. The molecule has 2 nitrogen and oxygen atoms in total. The van der Waals surface area contributed by atoms with Gasteiger partial charge in [0, 0.05) is 34.2 Å². The maximum atomic E-state index is 5.91. The number of ether oxygens (including phenoxy) is 1. The number of aromatic nitrogens is 1. The number of hydrogen-bond acceptors (Lipinski definition) is 3. The number of fused-ring (bicyclic) bond motifs is 1. The number of nitrogens with zero attached hydrogens (tertiary/aromatic N) is 1. The second kappa shape index (κ2) is 4.98. The Hall–Kier alpha value is -1.74. The van der Waals surface area contributed by atoms with E-state index in [4.69, 9.17) is 17.0 Å². The maximum absolute atomic E-state index is 5.91. The molecule has 0 radical (unpaired) electrons. The third-order valence-electron chi connectivity index (χ3n) is 4.17. The van der Waals surface area contributed by atoms with Crippen LogP contribution < -0.4 is 4.74 Å². The van der Waals surface area contributed by atoms with Gasteiger partial charge in [0.1, 0.15) is 5.75 Å². The summed E-state index contributed by atoms with van der Waals surface area (Å²) in [5.41, 5.74) is 2.22.